The van der Waals surface area contributed by atoms with E-state index in [1.807, 2.05) is 6.26 Å². The van der Waals surface area contributed by atoms with Crippen LogP contribution in [-0.2, 0) is 4.74 Å². The Morgan fingerprint density at radius 1 is 0.857 bits per heavy atom. The fourth-order valence-corrected chi connectivity index (χ4v) is 6.95. The minimum atomic E-state index is 0.446. The fourth-order valence-electron chi connectivity index (χ4n) is 6.95. The molecule has 1 heterocycles. The average Bonchev–Trinajstić information content (AvgIpc) is 2.93. The van der Waals surface area contributed by atoms with Crippen molar-refractivity contribution in [2.45, 2.75) is 63.9 Å². The van der Waals surface area contributed by atoms with Gasteiger partial charge in [0, 0.05) is 5.92 Å². The predicted molar refractivity (Wildman–Crippen MR) is 84.6 cm³/mol. The van der Waals surface area contributed by atoms with Crippen molar-refractivity contribution in [1.82, 2.24) is 0 Å². The quantitative estimate of drug-likeness (QED) is 0.602. The van der Waals surface area contributed by atoms with Gasteiger partial charge in [-0.2, -0.15) is 0 Å². The largest absolute Gasteiger partial charge is 0.493 e. The summed E-state index contributed by atoms with van der Waals surface area (Å²) >= 11 is 0. The first kappa shape index (κ1) is 12.8. The molecule has 1 aliphatic heterocycles. The lowest BCUT2D eigenvalue weighted by atomic mass is 9.59. The molecular weight excluding hydrogens is 256 g/mol. The zero-order valence-electron chi connectivity index (χ0n) is 13.0. The smallest absolute Gasteiger partial charge is 0.122 e. The summed E-state index contributed by atoms with van der Waals surface area (Å²) in [5, 5.41) is 0. The Hall–Kier alpha value is -0.720. The van der Waals surface area contributed by atoms with Gasteiger partial charge in [0.15, 0.2) is 0 Å². The number of fused-ring (bicyclic) bond motifs is 7. The minimum absolute atomic E-state index is 0.446. The molecule has 114 valence electrons. The molecule has 21 heavy (non-hydrogen) atoms. The summed E-state index contributed by atoms with van der Waals surface area (Å²) in [6, 6.07) is 0. The summed E-state index contributed by atoms with van der Waals surface area (Å²) in [4.78, 5) is 0. The maximum Gasteiger partial charge on any atom is 0.122 e. The van der Waals surface area contributed by atoms with Crippen LogP contribution in [0, 0.1) is 35.5 Å². The molecule has 0 N–H and O–H groups in total. The van der Waals surface area contributed by atoms with E-state index in [-0.39, 0.29) is 0 Å². The second kappa shape index (κ2) is 4.89. The topological polar surface area (TPSA) is 9.23 Å². The molecule has 0 spiro atoms. The Labute approximate surface area is 128 Å². The van der Waals surface area contributed by atoms with E-state index in [1.54, 1.807) is 5.57 Å². The second-order valence-corrected chi connectivity index (χ2v) is 8.35. The molecule has 4 aliphatic carbocycles. The van der Waals surface area contributed by atoms with Crippen LogP contribution in [0.2, 0.25) is 0 Å². The highest BCUT2D eigenvalue weighted by Crippen LogP contribution is 2.60. The van der Waals surface area contributed by atoms with Gasteiger partial charge in [-0.1, -0.05) is 25.3 Å². The van der Waals surface area contributed by atoms with E-state index >= 15 is 0 Å². The van der Waals surface area contributed by atoms with Gasteiger partial charge >= 0.3 is 0 Å². The molecule has 5 rings (SSSR count). The van der Waals surface area contributed by atoms with Crippen molar-refractivity contribution in [3.8, 4) is 0 Å². The molecule has 4 fully saturated rings. The number of rotatable bonds is 0. The first-order valence-corrected chi connectivity index (χ1v) is 9.43. The van der Waals surface area contributed by atoms with Crippen molar-refractivity contribution in [2.24, 2.45) is 35.5 Å². The molecule has 5 aliphatic rings. The molecule has 4 saturated carbocycles. The van der Waals surface area contributed by atoms with Crippen molar-refractivity contribution in [3.63, 3.8) is 0 Å². The lowest BCUT2D eigenvalue weighted by Crippen LogP contribution is -2.45. The summed E-state index contributed by atoms with van der Waals surface area (Å²) in [7, 11) is 0. The SMILES string of the molecule is C1=COC2C(=C1)CCC1CCC3C4CCCCC4CC3C12. The van der Waals surface area contributed by atoms with E-state index < -0.39 is 0 Å². The monoisotopic (exact) mass is 284 g/mol. The van der Waals surface area contributed by atoms with E-state index in [4.69, 9.17) is 4.74 Å². The summed E-state index contributed by atoms with van der Waals surface area (Å²) < 4.78 is 6.16. The van der Waals surface area contributed by atoms with Crippen LogP contribution < -0.4 is 0 Å². The van der Waals surface area contributed by atoms with Crippen molar-refractivity contribution in [3.05, 3.63) is 24.0 Å². The molecule has 1 heteroatoms. The normalized spacial score (nSPS) is 51.0. The van der Waals surface area contributed by atoms with E-state index in [2.05, 4.69) is 12.2 Å². The number of ether oxygens (including phenoxy) is 1. The van der Waals surface area contributed by atoms with E-state index in [0.29, 0.717) is 6.10 Å². The van der Waals surface area contributed by atoms with E-state index in [1.165, 1.54) is 57.8 Å². The molecule has 0 aromatic carbocycles. The number of hydrogen-bond acceptors (Lipinski definition) is 1. The lowest BCUT2D eigenvalue weighted by Gasteiger charge is -2.49. The Bertz CT molecular complexity index is 476. The molecule has 7 unspecified atom stereocenters. The molecule has 0 radical (unpaired) electrons. The second-order valence-electron chi connectivity index (χ2n) is 8.35. The van der Waals surface area contributed by atoms with Gasteiger partial charge in [-0.3, -0.25) is 0 Å². The highest BCUT2D eigenvalue weighted by Gasteiger charge is 2.54. The van der Waals surface area contributed by atoms with Crippen LogP contribution in [-0.4, -0.2) is 6.10 Å². The molecular formula is C20H28O. The first-order valence-electron chi connectivity index (χ1n) is 9.43. The molecule has 0 amide bonds. The van der Waals surface area contributed by atoms with Crippen molar-refractivity contribution >= 4 is 0 Å². The van der Waals surface area contributed by atoms with Gasteiger partial charge in [0.25, 0.3) is 0 Å². The van der Waals surface area contributed by atoms with Crippen LogP contribution >= 0.6 is 0 Å². The molecule has 0 bridgehead atoms. The minimum Gasteiger partial charge on any atom is -0.493 e. The van der Waals surface area contributed by atoms with Crippen molar-refractivity contribution in [2.75, 3.05) is 0 Å². The third kappa shape index (κ3) is 1.88. The molecule has 0 saturated heterocycles. The Morgan fingerprint density at radius 2 is 1.81 bits per heavy atom. The number of allylic oxidation sites excluding steroid dienone is 2. The van der Waals surface area contributed by atoms with Crippen LogP contribution in [0.3, 0.4) is 0 Å². The van der Waals surface area contributed by atoms with E-state index in [9.17, 15) is 0 Å². The van der Waals surface area contributed by atoms with Crippen molar-refractivity contribution in [1.29, 1.82) is 0 Å². The third-order valence-electron chi connectivity index (χ3n) is 7.69. The number of hydrogen-bond donors (Lipinski definition) is 0. The van der Waals surface area contributed by atoms with Gasteiger partial charge in [-0.25, -0.2) is 0 Å². The van der Waals surface area contributed by atoms with Gasteiger partial charge < -0.3 is 4.74 Å². The van der Waals surface area contributed by atoms with Crippen LogP contribution in [0.4, 0.5) is 0 Å². The van der Waals surface area contributed by atoms with Gasteiger partial charge in [0.05, 0.1) is 6.26 Å². The summed E-state index contributed by atoms with van der Waals surface area (Å²) in [5.74, 6) is 5.99. The van der Waals surface area contributed by atoms with Crippen molar-refractivity contribution < 1.29 is 4.74 Å². The predicted octanol–water partition coefficient (Wildman–Crippen LogP) is 5.09. The standard InChI is InChI=1S/C20H28O/c1-2-6-16-15(4-1)12-18-17(16)10-9-13-7-8-14-5-3-11-21-20(14)19(13)18/h3,5,11,13,15-20H,1-2,4,6-10,12H2. The fraction of sp³-hybridized carbons (Fsp3) is 0.800. The third-order valence-corrected chi connectivity index (χ3v) is 7.69. The Morgan fingerprint density at radius 3 is 2.81 bits per heavy atom. The zero-order chi connectivity index (χ0) is 13.8. The average molecular weight is 284 g/mol. The van der Waals surface area contributed by atoms with Crippen LogP contribution in [0.25, 0.3) is 0 Å². The maximum atomic E-state index is 6.16. The summed E-state index contributed by atoms with van der Waals surface area (Å²) in [5.41, 5.74) is 1.61. The highest BCUT2D eigenvalue weighted by molar-refractivity contribution is 5.24. The van der Waals surface area contributed by atoms with Gasteiger partial charge in [-0.05, 0) is 79.8 Å². The summed E-state index contributed by atoms with van der Waals surface area (Å²) in [6.07, 6.45) is 20.2. The molecule has 7 atom stereocenters. The van der Waals surface area contributed by atoms with Gasteiger partial charge in [0.1, 0.15) is 6.10 Å². The lowest BCUT2D eigenvalue weighted by molar-refractivity contribution is -0.0249. The Balaban J connectivity index is 1.46. The zero-order valence-corrected chi connectivity index (χ0v) is 13.0. The molecule has 0 aromatic rings. The van der Waals surface area contributed by atoms with Crippen LogP contribution in [0.5, 0.6) is 0 Å². The van der Waals surface area contributed by atoms with Crippen LogP contribution in [0.1, 0.15) is 57.8 Å². The Kier molecular flexibility index (Phi) is 2.98. The van der Waals surface area contributed by atoms with Crippen LogP contribution in [0.15, 0.2) is 24.0 Å². The maximum absolute atomic E-state index is 6.16. The summed E-state index contributed by atoms with van der Waals surface area (Å²) in [6.45, 7) is 0. The molecule has 0 aromatic heterocycles. The van der Waals surface area contributed by atoms with Gasteiger partial charge in [0.2, 0.25) is 0 Å². The highest BCUT2D eigenvalue weighted by atomic mass is 16.5. The molecule has 1 nitrogen and oxygen atoms in total. The van der Waals surface area contributed by atoms with Gasteiger partial charge in [-0.15, -0.1) is 0 Å². The van der Waals surface area contributed by atoms with E-state index in [0.717, 1.165) is 35.5 Å². The first-order chi connectivity index (χ1) is 10.4.